The first-order valence-electron chi connectivity index (χ1n) is 9.09. The third-order valence-electron chi connectivity index (χ3n) is 5.03. The van der Waals surface area contributed by atoms with E-state index in [0.717, 1.165) is 25.3 Å². The fraction of sp³-hybridized carbons (Fsp3) is 0.579. The van der Waals surface area contributed by atoms with E-state index in [1.54, 1.807) is 0 Å². The van der Waals surface area contributed by atoms with Crippen LogP contribution in [-0.4, -0.2) is 29.6 Å². The molecule has 1 aromatic rings. The third kappa shape index (κ3) is 5.42. The number of hydrogen-bond donors (Lipinski definition) is 1. The molecule has 0 spiro atoms. The number of rotatable bonds is 6. The highest BCUT2D eigenvalue weighted by molar-refractivity contribution is 5.92. The molecule has 0 unspecified atom stereocenters. The van der Waals surface area contributed by atoms with Gasteiger partial charge in [0.2, 0.25) is 0 Å². The minimum atomic E-state index is -0.840. The molecule has 1 fully saturated rings. The maximum Gasteiger partial charge on any atom is 0.344 e. The Morgan fingerprint density at radius 2 is 2.04 bits per heavy atom. The number of anilines is 1. The lowest BCUT2D eigenvalue weighted by molar-refractivity contribution is -0.383. The second-order valence-corrected chi connectivity index (χ2v) is 7.46. The highest BCUT2D eigenvalue weighted by Crippen LogP contribution is 2.35. The van der Waals surface area contributed by atoms with Crippen LogP contribution in [0.25, 0.3) is 0 Å². The quantitative estimate of drug-likeness (QED) is 0.348. The van der Waals surface area contributed by atoms with Crippen LogP contribution in [-0.2, 0) is 14.3 Å². The van der Waals surface area contributed by atoms with Crippen LogP contribution >= 0.6 is 0 Å². The lowest BCUT2D eigenvalue weighted by Crippen LogP contribution is -2.36. The molecule has 148 valence electrons. The SMILES string of the molecule is CC(C)[C@@H]1CC[C@@H](C)C[C@H]1OC(=O)COC(=O)c1ccc(N)c([N+](=O)[O-])c1. The van der Waals surface area contributed by atoms with Gasteiger partial charge in [-0.1, -0.05) is 27.2 Å². The Balaban J connectivity index is 1.93. The first-order chi connectivity index (χ1) is 12.7. The summed E-state index contributed by atoms with van der Waals surface area (Å²) >= 11 is 0. The summed E-state index contributed by atoms with van der Waals surface area (Å²) in [5, 5.41) is 10.9. The zero-order valence-corrected chi connectivity index (χ0v) is 15.8. The number of esters is 2. The number of nitrogens with two attached hydrogens (primary N) is 1. The molecule has 1 aliphatic rings. The number of ether oxygens (including phenoxy) is 2. The van der Waals surface area contributed by atoms with Gasteiger partial charge in [-0.05, 0) is 42.7 Å². The fourth-order valence-corrected chi connectivity index (χ4v) is 3.49. The van der Waals surface area contributed by atoms with Crippen molar-refractivity contribution in [3.63, 3.8) is 0 Å². The summed E-state index contributed by atoms with van der Waals surface area (Å²) in [7, 11) is 0. The Morgan fingerprint density at radius 3 is 2.67 bits per heavy atom. The molecule has 8 nitrogen and oxygen atoms in total. The number of nitrogen functional groups attached to an aromatic ring is 1. The van der Waals surface area contributed by atoms with Crippen LogP contribution in [0.2, 0.25) is 0 Å². The van der Waals surface area contributed by atoms with E-state index in [4.69, 9.17) is 15.2 Å². The molecule has 3 atom stereocenters. The molecular formula is C19H26N2O6. The first kappa shape index (κ1) is 20.7. The standard InChI is InChI=1S/C19H26N2O6/c1-11(2)14-6-4-12(3)8-17(14)27-18(22)10-26-19(23)13-5-7-15(20)16(9-13)21(24)25/h5,7,9,11-12,14,17H,4,6,8,10,20H2,1-3H3/t12-,14+,17-/m1/s1. The van der Waals surface area contributed by atoms with E-state index in [1.807, 2.05) is 0 Å². The Bertz CT molecular complexity index is 718. The van der Waals surface area contributed by atoms with Gasteiger partial charge in [0.1, 0.15) is 11.8 Å². The number of hydrogen-bond acceptors (Lipinski definition) is 7. The number of nitrogens with zero attached hydrogens (tertiary/aromatic N) is 1. The molecule has 0 bridgehead atoms. The summed E-state index contributed by atoms with van der Waals surface area (Å²) in [4.78, 5) is 34.4. The number of nitro groups is 1. The minimum absolute atomic E-state index is 0.0463. The van der Waals surface area contributed by atoms with Crippen LogP contribution in [0.1, 0.15) is 50.4 Å². The van der Waals surface area contributed by atoms with Gasteiger partial charge in [0.15, 0.2) is 6.61 Å². The zero-order chi connectivity index (χ0) is 20.1. The Morgan fingerprint density at radius 1 is 1.33 bits per heavy atom. The normalized spacial score (nSPS) is 22.3. The molecule has 2 rings (SSSR count). The van der Waals surface area contributed by atoms with E-state index in [2.05, 4.69) is 20.8 Å². The molecule has 0 saturated heterocycles. The summed E-state index contributed by atoms with van der Waals surface area (Å²) < 4.78 is 10.5. The van der Waals surface area contributed by atoms with E-state index < -0.39 is 23.5 Å². The van der Waals surface area contributed by atoms with Gasteiger partial charge in [-0.25, -0.2) is 9.59 Å². The van der Waals surface area contributed by atoms with Crippen molar-refractivity contribution in [3.05, 3.63) is 33.9 Å². The van der Waals surface area contributed by atoms with Gasteiger partial charge in [-0.3, -0.25) is 10.1 Å². The van der Waals surface area contributed by atoms with Gasteiger partial charge in [0, 0.05) is 6.07 Å². The molecule has 0 amide bonds. The van der Waals surface area contributed by atoms with Crippen molar-refractivity contribution in [2.75, 3.05) is 12.3 Å². The van der Waals surface area contributed by atoms with Crippen LogP contribution in [0.4, 0.5) is 11.4 Å². The van der Waals surface area contributed by atoms with Crippen molar-refractivity contribution < 1.29 is 24.0 Å². The molecular weight excluding hydrogens is 352 g/mol. The van der Waals surface area contributed by atoms with Gasteiger partial charge in [-0.15, -0.1) is 0 Å². The molecule has 1 aromatic carbocycles. The van der Waals surface area contributed by atoms with Crippen molar-refractivity contribution in [1.29, 1.82) is 0 Å². The van der Waals surface area contributed by atoms with Crippen LogP contribution in [0.15, 0.2) is 18.2 Å². The summed E-state index contributed by atoms with van der Waals surface area (Å²) in [5.74, 6) is -0.282. The predicted molar refractivity (Wildman–Crippen MR) is 99.0 cm³/mol. The maximum atomic E-state index is 12.1. The zero-order valence-electron chi connectivity index (χ0n) is 15.8. The van der Waals surface area contributed by atoms with Crippen molar-refractivity contribution >= 4 is 23.3 Å². The molecule has 0 aliphatic heterocycles. The van der Waals surface area contributed by atoms with E-state index in [-0.39, 0.29) is 23.0 Å². The van der Waals surface area contributed by atoms with Crippen LogP contribution in [0, 0.1) is 27.9 Å². The smallest absolute Gasteiger partial charge is 0.344 e. The number of carbonyl (C=O) groups is 2. The topological polar surface area (TPSA) is 122 Å². The predicted octanol–water partition coefficient (Wildman–Crippen LogP) is 3.34. The molecule has 1 saturated carbocycles. The van der Waals surface area contributed by atoms with E-state index >= 15 is 0 Å². The fourth-order valence-electron chi connectivity index (χ4n) is 3.49. The summed E-state index contributed by atoms with van der Waals surface area (Å²) in [6, 6.07) is 3.60. The van der Waals surface area contributed by atoms with Gasteiger partial charge < -0.3 is 15.2 Å². The number of nitro benzene ring substituents is 1. The van der Waals surface area contributed by atoms with Gasteiger partial charge in [0.05, 0.1) is 10.5 Å². The van der Waals surface area contributed by atoms with Crippen molar-refractivity contribution in [1.82, 2.24) is 0 Å². The largest absolute Gasteiger partial charge is 0.460 e. The Labute approximate surface area is 158 Å². The van der Waals surface area contributed by atoms with Crippen molar-refractivity contribution in [2.24, 2.45) is 17.8 Å². The molecule has 1 aliphatic carbocycles. The molecule has 27 heavy (non-hydrogen) atoms. The number of carbonyl (C=O) groups excluding carboxylic acids is 2. The second-order valence-electron chi connectivity index (χ2n) is 7.46. The van der Waals surface area contributed by atoms with Gasteiger partial charge in [0.25, 0.3) is 5.69 Å². The molecule has 0 heterocycles. The van der Waals surface area contributed by atoms with Crippen LogP contribution in [0.3, 0.4) is 0 Å². The Kier molecular flexibility index (Phi) is 6.76. The average Bonchev–Trinajstić information content (AvgIpc) is 2.59. The van der Waals surface area contributed by atoms with Gasteiger partial charge in [-0.2, -0.15) is 0 Å². The molecule has 0 aromatic heterocycles. The lowest BCUT2D eigenvalue weighted by atomic mass is 9.75. The lowest BCUT2D eigenvalue weighted by Gasteiger charge is -2.36. The van der Waals surface area contributed by atoms with E-state index in [9.17, 15) is 19.7 Å². The molecule has 8 heteroatoms. The Hall–Kier alpha value is -2.64. The summed E-state index contributed by atoms with van der Waals surface area (Å²) in [6.45, 7) is 5.81. The average molecular weight is 378 g/mol. The minimum Gasteiger partial charge on any atom is -0.460 e. The van der Waals surface area contributed by atoms with E-state index in [0.29, 0.717) is 17.8 Å². The first-order valence-corrected chi connectivity index (χ1v) is 9.09. The second kappa shape index (κ2) is 8.83. The summed E-state index contributed by atoms with van der Waals surface area (Å²) in [5.41, 5.74) is 5.01. The van der Waals surface area contributed by atoms with Gasteiger partial charge >= 0.3 is 11.9 Å². The van der Waals surface area contributed by atoms with Crippen molar-refractivity contribution in [3.8, 4) is 0 Å². The molecule has 2 N–H and O–H groups in total. The highest BCUT2D eigenvalue weighted by atomic mass is 16.6. The van der Waals surface area contributed by atoms with E-state index in [1.165, 1.54) is 12.1 Å². The van der Waals surface area contributed by atoms with Crippen LogP contribution in [0.5, 0.6) is 0 Å². The molecule has 0 radical (unpaired) electrons. The number of benzene rings is 1. The highest BCUT2D eigenvalue weighted by Gasteiger charge is 2.33. The van der Waals surface area contributed by atoms with Crippen LogP contribution < -0.4 is 5.73 Å². The summed E-state index contributed by atoms with van der Waals surface area (Å²) in [6.07, 6.45) is 2.73. The maximum absolute atomic E-state index is 12.1. The monoisotopic (exact) mass is 378 g/mol. The van der Waals surface area contributed by atoms with Crippen molar-refractivity contribution in [2.45, 2.75) is 46.1 Å². The third-order valence-corrected chi connectivity index (χ3v) is 5.03.